The van der Waals surface area contributed by atoms with Gasteiger partial charge in [0.05, 0.1) is 23.8 Å². The van der Waals surface area contributed by atoms with Crippen LogP contribution < -0.4 is 0 Å². The summed E-state index contributed by atoms with van der Waals surface area (Å²) in [6, 6.07) is 27.6. The molecule has 0 spiro atoms. The lowest BCUT2D eigenvalue weighted by Crippen LogP contribution is -2.31. The van der Waals surface area contributed by atoms with Crippen LogP contribution in [0.2, 0.25) is 5.02 Å². The molecule has 0 bridgehead atoms. The van der Waals surface area contributed by atoms with E-state index in [0.717, 1.165) is 37.8 Å². The molecule has 0 fully saturated rings. The fourth-order valence-corrected chi connectivity index (χ4v) is 7.33. The lowest BCUT2D eigenvalue weighted by molar-refractivity contribution is -0.138. The van der Waals surface area contributed by atoms with E-state index in [-0.39, 0.29) is 12.0 Å². The van der Waals surface area contributed by atoms with Gasteiger partial charge < -0.3 is 9.47 Å². The number of aromatic nitrogens is 1. The highest BCUT2D eigenvalue weighted by Gasteiger charge is 2.46. The number of allylic oxidation sites excluding steroid dienone is 2. The molecule has 0 saturated heterocycles. The molecule has 3 aromatic carbocycles. The predicted molar refractivity (Wildman–Crippen MR) is 164 cm³/mol. The van der Waals surface area contributed by atoms with Crippen molar-refractivity contribution in [3.05, 3.63) is 127 Å². The highest BCUT2D eigenvalue weighted by molar-refractivity contribution is 7.73. The van der Waals surface area contributed by atoms with Gasteiger partial charge in [0, 0.05) is 38.6 Å². The highest BCUT2D eigenvalue weighted by atomic mass is 35.5. The molecule has 40 heavy (non-hydrogen) atoms. The number of fused-ring (bicyclic) bond motifs is 2. The largest absolute Gasteiger partial charge is 0.463 e. The van der Waals surface area contributed by atoms with E-state index in [9.17, 15) is 4.79 Å². The number of thiazole rings is 1. The Balaban J connectivity index is 1.70. The van der Waals surface area contributed by atoms with E-state index < -0.39 is 11.9 Å². The molecule has 2 aliphatic rings. The molecule has 7 heteroatoms. The maximum Gasteiger partial charge on any atom is 0.338 e. The van der Waals surface area contributed by atoms with Gasteiger partial charge in [0.1, 0.15) is 11.5 Å². The van der Waals surface area contributed by atoms with Crippen LogP contribution in [0, 0.1) is 3.95 Å². The van der Waals surface area contributed by atoms with Gasteiger partial charge in [-0.15, -0.1) is 11.3 Å². The standard InChI is InChI=1S/C33H28ClNO3S2/c1-4-37-31(36)27-25(20-15-17-22(34)18-16-20)26-24(38-29(27)21-11-7-5-8-12-21)19-33(2,3)30-28(26)35(32(39)40-30)23-13-9-6-10-14-23/h5-18,25H,4,19H2,1-3H3. The normalized spacial score (nSPS) is 17.6. The molecule has 1 aliphatic carbocycles. The Morgan fingerprint density at radius 3 is 2.35 bits per heavy atom. The molecule has 4 nitrogen and oxygen atoms in total. The summed E-state index contributed by atoms with van der Waals surface area (Å²) >= 11 is 13.9. The Morgan fingerprint density at radius 2 is 1.70 bits per heavy atom. The van der Waals surface area contributed by atoms with E-state index in [1.165, 1.54) is 4.88 Å². The summed E-state index contributed by atoms with van der Waals surface area (Å²) in [5.41, 5.74) is 4.89. The summed E-state index contributed by atoms with van der Waals surface area (Å²) in [5.74, 6) is 0.502. The number of nitrogens with zero attached hydrogens (tertiary/aromatic N) is 1. The van der Waals surface area contributed by atoms with Crippen molar-refractivity contribution in [1.29, 1.82) is 0 Å². The molecular formula is C33H28ClNO3S2. The molecule has 1 aliphatic heterocycles. The van der Waals surface area contributed by atoms with Crippen LogP contribution in [0.1, 0.15) is 54.8 Å². The van der Waals surface area contributed by atoms with Gasteiger partial charge in [0.2, 0.25) is 0 Å². The first-order valence-corrected chi connectivity index (χ1v) is 14.9. The maximum atomic E-state index is 13.9. The van der Waals surface area contributed by atoms with Crippen molar-refractivity contribution in [3.63, 3.8) is 0 Å². The van der Waals surface area contributed by atoms with Gasteiger partial charge >= 0.3 is 5.97 Å². The first-order valence-electron chi connectivity index (χ1n) is 13.3. The Kier molecular flexibility index (Phi) is 7.03. The van der Waals surface area contributed by atoms with Crippen LogP contribution >= 0.6 is 35.2 Å². The van der Waals surface area contributed by atoms with Crippen LogP contribution in [0.15, 0.2) is 96.3 Å². The number of benzene rings is 3. The highest BCUT2D eigenvalue weighted by Crippen LogP contribution is 2.56. The van der Waals surface area contributed by atoms with E-state index in [2.05, 4.69) is 30.5 Å². The van der Waals surface area contributed by atoms with Gasteiger partial charge in [-0.05, 0) is 49.0 Å². The zero-order valence-corrected chi connectivity index (χ0v) is 24.8. The van der Waals surface area contributed by atoms with E-state index in [4.69, 9.17) is 33.3 Å². The molecule has 0 N–H and O–H groups in total. The van der Waals surface area contributed by atoms with Gasteiger partial charge in [-0.2, -0.15) is 0 Å². The Labute approximate surface area is 248 Å². The van der Waals surface area contributed by atoms with E-state index in [1.807, 2.05) is 79.7 Å². The lowest BCUT2D eigenvalue weighted by Gasteiger charge is -2.40. The third-order valence-corrected chi connectivity index (χ3v) is 9.37. The average molecular weight is 586 g/mol. The van der Waals surface area contributed by atoms with E-state index in [1.54, 1.807) is 11.3 Å². The molecule has 1 unspecified atom stereocenters. The van der Waals surface area contributed by atoms with Crippen molar-refractivity contribution in [3.8, 4) is 5.69 Å². The molecule has 202 valence electrons. The Morgan fingerprint density at radius 1 is 1.05 bits per heavy atom. The van der Waals surface area contributed by atoms with Crippen LogP contribution in [0.4, 0.5) is 0 Å². The third kappa shape index (κ3) is 4.54. The number of esters is 1. The van der Waals surface area contributed by atoms with Crippen molar-refractivity contribution in [2.45, 2.75) is 38.5 Å². The van der Waals surface area contributed by atoms with Crippen LogP contribution in [-0.2, 0) is 19.7 Å². The quantitative estimate of drug-likeness (QED) is 0.173. The number of ether oxygens (including phenoxy) is 2. The minimum absolute atomic E-state index is 0.236. The van der Waals surface area contributed by atoms with Crippen molar-refractivity contribution in [2.75, 3.05) is 6.61 Å². The number of para-hydroxylation sites is 1. The summed E-state index contributed by atoms with van der Waals surface area (Å²) in [6.07, 6.45) is 0.663. The fourth-order valence-electron chi connectivity index (χ4n) is 5.65. The topological polar surface area (TPSA) is 40.5 Å². The molecule has 6 rings (SSSR count). The molecule has 2 heterocycles. The first kappa shape index (κ1) is 26.8. The monoisotopic (exact) mass is 585 g/mol. The molecule has 1 atom stereocenters. The SMILES string of the molecule is CCOC(=O)C1=C(c2ccccc2)OC2=C(c3c(sc(=S)n3-c3ccccc3)C(C)(C)C2)C1c1ccc(Cl)cc1. The molecule has 0 radical (unpaired) electrons. The van der Waals surface area contributed by atoms with Crippen molar-refractivity contribution < 1.29 is 14.3 Å². The zero-order valence-electron chi connectivity index (χ0n) is 22.4. The van der Waals surface area contributed by atoms with Crippen LogP contribution in [0.5, 0.6) is 0 Å². The van der Waals surface area contributed by atoms with Gasteiger partial charge in [-0.3, -0.25) is 4.57 Å². The van der Waals surface area contributed by atoms with Crippen LogP contribution in [-0.4, -0.2) is 17.1 Å². The predicted octanol–water partition coefficient (Wildman–Crippen LogP) is 9.10. The number of rotatable bonds is 5. The second-order valence-electron chi connectivity index (χ2n) is 10.5. The Bertz CT molecular complexity index is 1720. The fraction of sp³-hybridized carbons (Fsp3) is 0.212. The number of carbonyl (C=O) groups excluding carboxylic acids is 1. The van der Waals surface area contributed by atoms with Gasteiger partial charge in [0.25, 0.3) is 0 Å². The van der Waals surface area contributed by atoms with Gasteiger partial charge in [0.15, 0.2) is 3.95 Å². The van der Waals surface area contributed by atoms with Crippen LogP contribution in [0.25, 0.3) is 17.0 Å². The van der Waals surface area contributed by atoms with E-state index in [0.29, 0.717) is 22.8 Å². The summed E-state index contributed by atoms with van der Waals surface area (Å²) < 4.78 is 15.4. The van der Waals surface area contributed by atoms with E-state index >= 15 is 0 Å². The van der Waals surface area contributed by atoms with Gasteiger partial charge in [-0.25, -0.2) is 4.79 Å². The average Bonchev–Trinajstić information content (AvgIpc) is 3.31. The lowest BCUT2D eigenvalue weighted by atomic mass is 9.71. The van der Waals surface area contributed by atoms with Crippen molar-refractivity contribution in [2.24, 2.45) is 0 Å². The minimum Gasteiger partial charge on any atom is -0.463 e. The number of carbonyl (C=O) groups is 1. The molecule has 4 aromatic rings. The number of hydrogen-bond donors (Lipinski definition) is 0. The second-order valence-corrected chi connectivity index (χ2v) is 12.6. The number of halogens is 1. The molecule has 1 aromatic heterocycles. The minimum atomic E-state index is -0.455. The summed E-state index contributed by atoms with van der Waals surface area (Å²) in [5, 5.41) is 0.628. The molecule has 0 saturated carbocycles. The zero-order chi connectivity index (χ0) is 28.0. The molecule has 0 amide bonds. The maximum absolute atomic E-state index is 13.9. The molecular weight excluding hydrogens is 558 g/mol. The van der Waals surface area contributed by atoms with Crippen LogP contribution in [0.3, 0.4) is 0 Å². The van der Waals surface area contributed by atoms with Crippen molar-refractivity contribution in [1.82, 2.24) is 4.57 Å². The summed E-state index contributed by atoms with van der Waals surface area (Å²) in [4.78, 5) is 15.0. The second kappa shape index (κ2) is 10.5. The van der Waals surface area contributed by atoms with Crippen molar-refractivity contribution >= 4 is 52.5 Å². The summed E-state index contributed by atoms with van der Waals surface area (Å²) in [7, 11) is 0. The third-order valence-electron chi connectivity index (χ3n) is 7.38. The summed E-state index contributed by atoms with van der Waals surface area (Å²) in [6.45, 7) is 6.52. The van der Waals surface area contributed by atoms with Gasteiger partial charge in [-0.1, -0.05) is 86.1 Å². The Hall–Kier alpha value is -3.45. The number of hydrogen-bond acceptors (Lipinski definition) is 5. The first-order chi connectivity index (χ1) is 19.3. The smallest absolute Gasteiger partial charge is 0.338 e.